The molecule has 1 aliphatic heterocycles. The van der Waals surface area contributed by atoms with E-state index in [1.54, 1.807) is 0 Å². The highest BCUT2D eigenvalue weighted by atomic mass is 32.3. The summed E-state index contributed by atoms with van der Waals surface area (Å²) in [5, 5.41) is -3.59. The molecule has 0 saturated carbocycles. The fourth-order valence-corrected chi connectivity index (χ4v) is 12.4. The number of nitrogens with one attached hydrogen (secondary N) is 1. The molecule has 1 N–H and O–H groups in total. The predicted octanol–water partition coefficient (Wildman–Crippen LogP) is 16.1. The van der Waals surface area contributed by atoms with Gasteiger partial charge in [0.1, 0.15) is 0 Å². The lowest BCUT2D eigenvalue weighted by molar-refractivity contribution is -0.352. The number of rotatable bonds is 6. The Morgan fingerprint density at radius 3 is 0.722 bits per heavy atom. The maximum absolute atomic E-state index is 15.9. The first kappa shape index (κ1) is 60.4. The third-order valence-corrected chi connectivity index (χ3v) is 15.9. The van der Waals surface area contributed by atoms with E-state index < -0.39 is 216 Å². The first-order valence-electron chi connectivity index (χ1n) is 20.3. The Hall–Kier alpha value is -6.26. The summed E-state index contributed by atoms with van der Waals surface area (Å²) in [5.74, 6) is 0. The summed E-state index contributed by atoms with van der Waals surface area (Å²) in [4.78, 5) is -4.26. The number of sulfonamides is 2. The van der Waals surface area contributed by atoms with Gasteiger partial charge in [0.2, 0.25) is 0 Å². The predicted molar refractivity (Wildman–Crippen MR) is 215 cm³/mol. The van der Waals surface area contributed by atoms with E-state index in [0.717, 1.165) is 28.4 Å². The molecule has 0 saturated heterocycles. The summed E-state index contributed by atoms with van der Waals surface area (Å²) in [5.41, 5.74) is -54.0. The largest absolute Gasteiger partial charge is 0.435 e. The second-order valence-corrected chi connectivity index (χ2v) is 20.5. The highest BCUT2D eigenvalue weighted by molar-refractivity contribution is 8.05. The van der Waals surface area contributed by atoms with Crippen molar-refractivity contribution in [1.29, 1.82) is 0 Å². The standard InChI is InChI=1S/C44H17F28NO4S2/c45-33(37(49,50)51,38(52,53)54)21-9-19(10-22(15-21)34(46,39(55,56)57)40(58,59)60)27-13-17-5-1-3-7-25(17)29-30-26-8-4-2-6-18(26)14-28(32(30)79(76,77)73-78(74,75)31(27)29)20-11-23(35(47,41(61,62)63)42(64,65)66)16-24(12-20)36(48,43(67,68)69)44(70,71)72/h1-16,73H. The number of benzene rings is 6. The summed E-state index contributed by atoms with van der Waals surface area (Å²) in [6.45, 7) is 0. The third-order valence-electron chi connectivity index (χ3n) is 12.2. The lowest BCUT2D eigenvalue weighted by atomic mass is 9.82. The van der Waals surface area contributed by atoms with Crippen LogP contribution in [0.15, 0.2) is 107 Å². The average molecular weight is 1220 g/mol. The molecule has 0 radical (unpaired) electrons. The van der Waals surface area contributed by atoms with Gasteiger partial charge in [-0.1, -0.05) is 48.5 Å². The summed E-state index contributed by atoms with van der Waals surface area (Å²) >= 11 is 0. The summed E-state index contributed by atoms with van der Waals surface area (Å²) in [6, 6.07) is -0.737. The molecule has 1 aliphatic rings. The van der Waals surface area contributed by atoms with Gasteiger partial charge in [-0.2, -0.15) is 105 Å². The molecule has 35 heteroatoms. The molecule has 0 amide bonds. The number of halogens is 28. The van der Waals surface area contributed by atoms with Gasteiger partial charge in [-0.3, -0.25) is 0 Å². The minimum atomic E-state index is -7.52. The second kappa shape index (κ2) is 17.6. The maximum Gasteiger partial charge on any atom is 0.435 e. The van der Waals surface area contributed by atoms with Gasteiger partial charge >= 0.3 is 72.1 Å². The SMILES string of the molecule is O=S1(=O)NS(=O)(=O)c2c(-c3cc(C(F)(C(F)(F)F)C(F)(F)F)cc(C(F)(C(F)(F)F)C(F)(F)F)c3)cc3ccccc3c2-c2c1c(-c1cc(C(F)(C(F)(F)F)C(F)(F)F)cc(C(F)(C(F)(F)F)C(F)(F)F)c1)cc1ccccc21. The zero-order valence-electron chi connectivity index (χ0n) is 36.8. The van der Waals surface area contributed by atoms with E-state index in [4.69, 9.17) is 0 Å². The lowest BCUT2D eigenvalue weighted by Crippen LogP contribution is -2.52. The molecule has 0 spiro atoms. The highest BCUT2D eigenvalue weighted by Gasteiger charge is 2.78. The van der Waals surface area contributed by atoms with Crippen molar-refractivity contribution in [2.24, 2.45) is 0 Å². The Labute approximate surface area is 419 Å². The van der Waals surface area contributed by atoms with Crippen molar-refractivity contribution in [3.8, 4) is 33.4 Å². The number of hydrogen-bond acceptors (Lipinski definition) is 4. The number of alkyl halides is 28. The maximum atomic E-state index is 15.9. The van der Waals surface area contributed by atoms with Crippen LogP contribution in [-0.2, 0) is 42.7 Å². The Bertz CT molecular complexity index is 3290. The van der Waals surface area contributed by atoms with E-state index in [9.17, 15) is 122 Å². The van der Waals surface area contributed by atoms with Crippen LogP contribution >= 0.6 is 0 Å². The minimum Gasteiger partial charge on any atom is -0.218 e. The van der Waals surface area contributed by atoms with Crippen molar-refractivity contribution < 1.29 is 140 Å². The molecule has 1 heterocycles. The van der Waals surface area contributed by atoms with Crippen molar-refractivity contribution in [1.82, 2.24) is 4.13 Å². The van der Waals surface area contributed by atoms with Crippen LogP contribution in [0.4, 0.5) is 123 Å². The number of fused-ring (bicyclic) bond motifs is 7. The molecule has 0 aliphatic carbocycles. The van der Waals surface area contributed by atoms with Crippen molar-refractivity contribution in [2.75, 3.05) is 0 Å². The molecule has 0 atom stereocenters. The van der Waals surface area contributed by atoms with E-state index in [1.165, 1.54) is 0 Å². The Morgan fingerprint density at radius 2 is 0.506 bits per heavy atom. The van der Waals surface area contributed by atoms with E-state index >= 15 is 17.6 Å². The monoisotopic (exact) mass is 1220 g/mol. The van der Waals surface area contributed by atoms with Crippen molar-refractivity contribution >= 4 is 41.6 Å². The van der Waals surface area contributed by atoms with Crippen LogP contribution in [-0.4, -0.2) is 66.2 Å². The first-order chi connectivity index (χ1) is 35.3. The van der Waals surface area contributed by atoms with Crippen molar-refractivity contribution in [3.63, 3.8) is 0 Å². The average Bonchev–Trinajstić information content (AvgIpc) is 3.67. The molecule has 0 bridgehead atoms. The smallest absolute Gasteiger partial charge is 0.218 e. The molecule has 0 unspecified atom stereocenters. The molecular weight excluding hydrogens is 1200 g/mol. The van der Waals surface area contributed by atoms with Gasteiger partial charge in [-0.05, 0) is 81.2 Å². The second-order valence-electron chi connectivity index (χ2n) is 17.0. The lowest BCUT2D eigenvalue weighted by Gasteiger charge is -2.34. The molecule has 5 nitrogen and oxygen atoms in total. The summed E-state index contributed by atoms with van der Waals surface area (Å²) in [7, 11) is -13.3. The van der Waals surface area contributed by atoms with Gasteiger partial charge in [-0.15, -0.1) is 4.13 Å². The number of hydrogen-bond donors (Lipinski definition) is 1. The molecule has 0 fully saturated rings. The highest BCUT2D eigenvalue weighted by Crippen LogP contribution is 2.61. The van der Waals surface area contributed by atoms with Crippen molar-refractivity contribution in [3.05, 3.63) is 119 Å². The van der Waals surface area contributed by atoms with E-state index in [1.807, 2.05) is 0 Å². The third kappa shape index (κ3) is 8.92. The molecular formula is C44H17F28NO4S2. The van der Waals surface area contributed by atoms with Gasteiger partial charge in [0.05, 0.1) is 9.79 Å². The molecule has 79 heavy (non-hydrogen) atoms. The summed E-state index contributed by atoms with van der Waals surface area (Å²) in [6.07, 6.45) is -60.2. The molecule has 6 aromatic rings. The van der Waals surface area contributed by atoms with E-state index in [0.29, 0.717) is 24.3 Å². The van der Waals surface area contributed by atoms with Crippen molar-refractivity contribution in [2.45, 2.75) is 81.9 Å². The van der Waals surface area contributed by atoms with Gasteiger partial charge in [-0.25, -0.2) is 34.4 Å². The van der Waals surface area contributed by atoms with Crippen LogP contribution in [0, 0.1) is 0 Å². The van der Waals surface area contributed by atoms with Crippen LogP contribution in [0.2, 0.25) is 0 Å². The Balaban J connectivity index is 1.81. The van der Waals surface area contributed by atoms with Crippen LogP contribution in [0.3, 0.4) is 0 Å². The van der Waals surface area contributed by atoms with Gasteiger partial charge < -0.3 is 0 Å². The van der Waals surface area contributed by atoms with Gasteiger partial charge in [0.15, 0.2) is 0 Å². The topological polar surface area (TPSA) is 80.3 Å². The summed E-state index contributed by atoms with van der Waals surface area (Å²) < 4.78 is 466. The molecule has 430 valence electrons. The van der Waals surface area contributed by atoms with Crippen LogP contribution in [0.25, 0.3) is 54.9 Å². The van der Waals surface area contributed by atoms with E-state index in [2.05, 4.69) is 0 Å². The fourth-order valence-electron chi connectivity index (χ4n) is 8.68. The van der Waals surface area contributed by atoms with Crippen LogP contribution < -0.4 is 4.13 Å². The Morgan fingerprint density at radius 1 is 0.291 bits per heavy atom. The normalized spacial score (nSPS) is 16.5. The van der Waals surface area contributed by atoms with Crippen LogP contribution in [0.1, 0.15) is 22.3 Å². The zero-order valence-corrected chi connectivity index (χ0v) is 38.4. The zero-order chi connectivity index (χ0) is 60.3. The molecule has 0 aromatic heterocycles. The van der Waals surface area contributed by atoms with E-state index in [-0.39, 0.29) is 12.1 Å². The minimum absolute atomic E-state index is 0.113. The quantitative estimate of drug-likeness (QED) is 0.169. The molecule has 7 rings (SSSR count). The van der Waals surface area contributed by atoms with Gasteiger partial charge in [0.25, 0.3) is 20.0 Å². The van der Waals surface area contributed by atoms with Gasteiger partial charge in [0, 0.05) is 44.5 Å². The first-order valence-corrected chi connectivity index (χ1v) is 23.3. The van der Waals surface area contributed by atoms with Crippen LogP contribution in [0.5, 0.6) is 0 Å². The Kier molecular flexibility index (Phi) is 13.5. The fraction of sp³-hybridized carbons (Fsp3) is 0.273. The molecule has 6 aromatic carbocycles.